The van der Waals surface area contributed by atoms with E-state index in [1.165, 1.54) is 50.5 Å². The Bertz CT molecular complexity index is 400. The summed E-state index contributed by atoms with van der Waals surface area (Å²) in [6.45, 7) is 2.25. The molecule has 0 N–H and O–H groups in total. The fourth-order valence-electron chi connectivity index (χ4n) is 2.41. The van der Waals surface area contributed by atoms with Crippen molar-refractivity contribution in [2.24, 2.45) is 0 Å². The van der Waals surface area contributed by atoms with Crippen molar-refractivity contribution in [1.29, 1.82) is 0 Å². The van der Waals surface area contributed by atoms with Crippen LogP contribution in [-0.4, -0.2) is 5.97 Å². The van der Waals surface area contributed by atoms with Crippen LogP contribution < -0.4 is 4.74 Å². The lowest BCUT2D eigenvalue weighted by atomic mass is 10.1. The number of esters is 1. The summed E-state index contributed by atoms with van der Waals surface area (Å²) in [6, 6.07) is 7.64. The normalized spacial score (nSPS) is 10.6. The van der Waals surface area contributed by atoms with E-state index < -0.39 is 0 Å². The van der Waals surface area contributed by atoms with E-state index in [4.69, 9.17) is 4.74 Å². The minimum absolute atomic E-state index is 0.116. The lowest BCUT2D eigenvalue weighted by Gasteiger charge is -2.05. The van der Waals surface area contributed by atoms with Crippen molar-refractivity contribution in [2.45, 2.75) is 76.5 Å². The molecule has 3 heteroatoms. The van der Waals surface area contributed by atoms with Gasteiger partial charge in [0, 0.05) is 11.8 Å². The Kier molecular flexibility index (Phi) is 11.1. The van der Waals surface area contributed by atoms with Gasteiger partial charge in [0.2, 0.25) is 0 Å². The molecule has 0 amide bonds. The quantitative estimate of drug-likeness (QED) is 0.184. The first kappa shape index (κ1) is 19.2. The second-order valence-corrected chi connectivity index (χ2v) is 6.39. The molecule has 0 aliphatic carbocycles. The molecular weight excluding hydrogens is 340 g/mol. The molecule has 0 radical (unpaired) electrons. The summed E-state index contributed by atoms with van der Waals surface area (Å²) in [4.78, 5) is 11.7. The van der Waals surface area contributed by atoms with Gasteiger partial charge in [0.15, 0.2) is 0 Å². The zero-order valence-electron chi connectivity index (χ0n) is 13.8. The average molecular weight is 369 g/mol. The molecule has 0 spiro atoms. The van der Waals surface area contributed by atoms with Gasteiger partial charge < -0.3 is 4.74 Å². The standard InChI is InChI=1S/C19H29BrO2/c1-2-3-4-5-6-7-8-9-10-11-19(21)22-18-14-12-17(16-20)13-15-18/h12-15H,2-11,16H2,1H3. The second kappa shape index (κ2) is 12.7. The van der Waals surface area contributed by atoms with Crippen molar-refractivity contribution >= 4 is 21.9 Å². The van der Waals surface area contributed by atoms with E-state index in [1.807, 2.05) is 24.3 Å². The Labute approximate surface area is 143 Å². The monoisotopic (exact) mass is 368 g/mol. The van der Waals surface area contributed by atoms with Crippen LogP contribution in [0.2, 0.25) is 0 Å². The van der Waals surface area contributed by atoms with E-state index in [9.17, 15) is 4.79 Å². The van der Waals surface area contributed by atoms with Crippen LogP contribution in [0.1, 0.15) is 76.7 Å². The molecule has 22 heavy (non-hydrogen) atoms. The third kappa shape index (κ3) is 9.24. The first-order valence-corrected chi connectivity index (χ1v) is 9.74. The Hall–Kier alpha value is -0.830. The van der Waals surface area contributed by atoms with Crippen molar-refractivity contribution < 1.29 is 9.53 Å². The number of carbonyl (C=O) groups excluding carboxylic acids is 1. The van der Waals surface area contributed by atoms with Gasteiger partial charge in [-0.2, -0.15) is 0 Å². The smallest absolute Gasteiger partial charge is 0.311 e. The molecule has 0 heterocycles. The van der Waals surface area contributed by atoms with E-state index in [0.29, 0.717) is 12.2 Å². The van der Waals surface area contributed by atoms with Crippen molar-refractivity contribution in [3.05, 3.63) is 29.8 Å². The molecule has 0 fully saturated rings. The lowest BCUT2D eigenvalue weighted by molar-refractivity contribution is -0.134. The third-order valence-corrected chi connectivity index (χ3v) is 4.44. The van der Waals surface area contributed by atoms with E-state index >= 15 is 0 Å². The summed E-state index contributed by atoms with van der Waals surface area (Å²) in [5.74, 6) is 0.528. The van der Waals surface area contributed by atoms with Crippen LogP contribution in [0.4, 0.5) is 0 Å². The number of alkyl halides is 1. The summed E-state index contributed by atoms with van der Waals surface area (Å²) in [5, 5.41) is 0.819. The highest BCUT2D eigenvalue weighted by atomic mass is 79.9. The number of ether oxygens (including phenoxy) is 1. The maximum absolute atomic E-state index is 11.7. The van der Waals surface area contributed by atoms with Crippen LogP contribution in [0.3, 0.4) is 0 Å². The topological polar surface area (TPSA) is 26.3 Å². The largest absolute Gasteiger partial charge is 0.427 e. The fourth-order valence-corrected chi connectivity index (χ4v) is 2.78. The second-order valence-electron chi connectivity index (χ2n) is 5.83. The van der Waals surface area contributed by atoms with Crippen LogP contribution in [0.5, 0.6) is 5.75 Å². The van der Waals surface area contributed by atoms with Gasteiger partial charge in [-0.15, -0.1) is 0 Å². The summed E-state index contributed by atoms with van der Waals surface area (Å²) in [5.41, 5.74) is 1.18. The molecule has 1 aromatic carbocycles. The average Bonchev–Trinajstić information content (AvgIpc) is 2.54. The van der Waals surface area contributed by atoms with E-state index in [2.05, 4.69) is 22.9 Å². The highest BCUT2D eigenvalue weighted by Gasteiger charge is 2.04. The molecule has 0 aliphatic rings. The van der Waals surface area contributed by atoms with E-state index in [1.54, 1.807) is 0 Å². The third-order valence-electron chi connectivity index (χ3n) is 3.79. The van der Waals surface area contributed by atoms with Gasteiger partial charge in [0.1, 0.15) is 5.75 Å². The minimum Gasteiger partial charge on any atom is -0.427 e. The molecule has 0 saturated heterocycles. The summed E-state index contributed by atoms with van der Waals surface area (Å²) < 4.78 is 5.33. The Morgan fingerprint density at radius 1 is 0.909 bits per heavy atom. The van der Waals surface area contributed by atoms with Gasteiger partial charge in [0.25, 0.3) is 0 Å². The molecule has 1 aromatic rings. The summed E-state index contributed by atoms with van der Waals surface area (Å²) in [7, 11) is 0. The fraction of sp³-hybridized carbons (Fsp3) is 0.632. The number of rotatable bonds is 12. The molecule has 0 atom stereocenters. The van der Waals surface area contributed by atoms with Crippen molar-refractivity contribution in [1.82, 2.24) is 0 Å². The van der Waals surface area contributed by atoms with Crippen LogP contribution in [0.25, 0.3) is 0 Å². The van der Waals surface area contributed by atoms with Gasteiger partial charge >= 0.3 is 5.97 Å². The van der Waals surface area contributed by atoms with Gasteiger partial charge in [0.05, 0.1) is 0 Å². The molecule has 0 aliphatic heterocycles. The Morgan fingerprint density at radius 2 is 1.45 bits per heavy atom. The minimum atomic E-state index is -0.116. The zero-order valence-corrected chi connectivity index (χ0v) is 15.4. The molecule has 0 unspecified atom stereocenters. The number of unbranched alkanes of at least 4 members (excludes halogenated alkanes) is 8. The molecular formula is C19H29BrO2. The summed E-state index contributed by atoms with van der Waals surface area (Å²) >= 11 is 3.40. The number of hydrogen-bond donors (Lipinski definition) is 0. The predicted molar refractivity (Wildman–Crippen MR) is 96.6 cm³/mol. The number of halogens is 1. The van der Waals surface area contributed by atoms with Crippen LogP contribution >= 0.6 is 15.9 Å². The Morgan fingerprint density at radius 3 is 2.00 bits per heavy atom. The number of benzene rings is 1. The number of hydrogen-bond acceptors (Lipinski definition) is 2. The van der Waals surface area contributed by atoms with Crippen molar-refractivity contribution in [3.63, 3.8) is 0 Å². The van der Waals surface area contributed by atoms with Crippen LogP contribution in [0.15, 0.2) is 24.3 Å². The zero-order chi connectivity index (χ0) is 16.0. The van der Waals surface area contributed by atoms with Crippen LogP contribution in [-0.2, 0) is 10.1 Å². The van der Waals surface area contributed by atoms with Gasteiger partial charge in [-0.05, 0) is 24.1 Å². The summed E-state index contributed by atoms with van der Waals surface area (Å²) in [6.07, 6.45) is 11.9. The van der Waals surface area contributed by atoms with Crippen molar-refractivity contribution in [2.75, 3.05) is 0 Å². The van der Waals surface area contributed by atoms with Crippen LogP contribution in [0, 0.1) is 0 Å². The Balaban J connectivity index is 2.01. The maximum atomic E-state index is 11.7. The molecule has 0 bridgehead atoms. The number of carbonyl (C=O) groups is 1. The molecule has 0 saturated carbocycles. The molecule has 1 rings (SSSR count). The first-order chi connectivity index (χ1) is 10.8. The molecule has 124 valence electrons. The highest BCUT2D eigenvalue weighted by molar-refractivity contribution is 9.08. The van der Waals surface area contributed by atoms with Crippen molar-refractivity contribution in [3.8, 4) is 5.75 Å². The van der Waals surface area contributed by atoms with Gasteiger partial charge in [-0.1, -0.05) is 86.4 Å². The van der Waals surface area contributed by atoms with Gasteiger partial charge in [-0.3, -0.25) is 4.79 Å². The SMILES string of the molecule is CCCCCCCCCCCC(=O)Oc1ccc(CBr)cc1. The molecule has 0 aromatic heterocycles. The lowest BCUT2D eigenvalue weighted by Crippen LogP contribution is -2.07. The highest BCUT2D eigenvalue weighted by Crippen LogP contribution is 2.16. The first-order valence-electron chi connectivity index (χ1n) is 8.62. The van der Waals surface area contributed by atoms with E-state index in [0.717, 1.165) is 18.2 Å². The van der Waals surface area contributed by atoms with Gasteiger partial charge in [-0.25, -0.2) is 0 Å². The van der Waals surface area contributed by atoms with E-state index in [-0.39, 0.29) is 5.97 Å². The maximum Gasteiger partial charge on any atom is 0.311 e. The molecule has 2 nitrogen and oxygen atoms in total. The predicted octanol–water partition coefficient (Wildman–Crippen LogP) is 6.41.